The summed E-state index contributed by atoms with van der Waals surface area (Å²) >= 11 is 31.9. The highest BCUT2D eigenvalue weighted by Crippen LogP contribution is 2.68. The molecule has 8 aliphatic carbocycles. The lowest BCUT2D eigenvalue weighted by Crippen LogP contribution is -2.55. The SMILES string of the molecule is CC1=CCC2(CCN(c3nc(N)c(Sc4cccnc4C)nc3C)CC2)[C@@H]1N.Cc1nc(Sc2cccnc2Cl)c(N)nc1N1CCC2(CC=C(C3CC3)[C@H]2N)CC1.Cc1nc(Sc2ccnc(N)c2Cl)c(N)nc1N1CCC2(CC1)CCC1(CC1)[C@H]2N.Cc1nc(Sc2ccnc(N)c2Cl)c(N)nc1N1CCC2(CC1)OCC1(CC1)[C@H]2N.Nc1nc(N2CCC3(CC2)CCC2(CC2)[C@H]3N)cnc1Sc1ccnc(N)c1Cl. The number of rotatable bonds is 16. The average Bonchev–Trinajstić information content (AvgIpc) is 1.56. The van der Waals surface area contributed by atoms with E-state index in [1.54, 1.807) is 55.4 Å². The number of aryl methyl sites for hydroxylation is 5. The maximum atomic E-state index is 6.75. The van der Waals surface area contributed by atoms with Crippen molar-refractivity contribution in [2.75, 3.05) is 142 Å². The van der Waals surface area contributed by atoms with Crippen molar-refractivity contribution >= 4 is 181 Å². The molecule has 6 saturated carbocycles. The number of anilines is 13. The van der Waals surface area contributed by atoms with Crippen LogP contribution in [0.4, 0.5) is 75.6 Å². The van der Waals surface area contributed by atoms with Crippen LogP contribution in [0.3, 0.4) is 0 Å². The first-order valence-electron chi connectivity index (χ1n) is 51.3. The summed E-state index contributed by atoms with van der Waals surface area (Å²) in [6.45, 7) is 22.2. The molecule has 26 N–H and O–H groups in total. The van der Waals surface area contributed by atoms with Crippen molar-refractivity contribution in [3.05, 3.63) is 152 Å². The van der Waals surface area contributed by atoms with Crippen LogP contribution in [-0.4, -0.2) is 183 Å². The molecule has 43 heteroatoms. The maximum Gasteiger partial charge on any atom is 0.158 e. The van der Waals surface area contributed by atoms with E-state index >= 15 is 0 Å². The molecule has 780 valence electrons. The Labute approximate surface area is 900 Å². The number of allylic oxidation sites excluding steroid dienone is 2. The van der Waals surface area contributed by atoms with Crippen LogP contribution in [0.15, 0.2) is 153 Å². The first kappa shape index (κ1) is 105. The standard InChI is InChI=1S/C22H27ClN6S.C21H28ClN7S.C21H28N6S.C20H26ClN7OS.C20H26ClN7S/c1-13-20(28-19(25)21(27-13)30-16-3-2-10-26-18(16)23)29-11-8-22(9-12-29)7-6-15(17(22)24)14-4-5-14;1-12-17(28-16(24)18(27-12)30-13-2-9-26-15(23)14(13)22)29-10-7-21(8-11-29)6-5-20(3-4-20)19(21)25;1-13-6-7-21(17(13)22)8-11-27(12-9-21)19-15(3)25-20(18(23)26-19)28-16-5-4-10-24-14(16)2;1-11-16(27-15(23)17(26-11)30-12-2-7-25-14(22)13(12)21)28-8-5-20(6-9-28)18(24)19(3-4-19)10-29-20;21-14-12(1-8-25-15(14)22)29-17-16(23)27-13(11-26-17)28-9-6-20(7-10-28)5-4-19(2-3-19)18(20)24/h2-3,6,10,14,17H,4-5,7-9,11-12,24H2,1H3,(H2,25,28);2,9,19H,3-8,10-11,25H2,1H3,(H2,23,26)(H2,24,28);4-6,10,17H,7-9,11-12,22H2,1-3H3,(H2,23,26);2,7,18H,3-6,8-10,24H2,1H3,(H2,22,25)(H2,23,27);1,8,11,18H,2-7,9-10,24H2,(H2,22,25)(H2,23,27)/t17-;19-;17-;2*18-/m11111/s1. The van der Waals surface area contributed by atoms with Crippen LogP contribution in [0.5, 0.6) is 0 Å². The molecular formula is C104H135Cl4N33OS5. The normalized spacial score (nSPS) is 23.3. The van der Waals surface area contributed by atoms with Gasteiger partial charge in [-0.05, 0) is 277 Å². The number of hydrogen-bond donors (Lipinski definition) is 13. The van der Waals surface area contributed by atoms with E-state index in [2.05, 4.69) is 83.4 Å². The largest absolute Gasteiger partial charge is 0.382 e. The van der Waals surface area contributed by atoms with E-state index in [1.807, 2.05) is 58.9 Å². The Hall–Kier alpha value is -9.30. The lowest BCUT2D eigenvalue weighted by Gasteiger charge is -2.43. The third-order valence-electron chi connectivity index (χ3n) is 34.7. The van der Waals surface area contributed by atoms with E-state index in [1.165, 1.54) is 147 Å². The predicted octanol–water partition coefficient (Wildman–Crippen LogP) is 17.3. The van der Waals surface area contributed by atoms with Gasteiger partial charge in [-0.1, -0.05) is 129 Å². The second kappa shape index (κ2) is 42.0. The molecule has 147 heavy (non-hydrogen) atoms. The van der Waals surface area contributed by atoms with E-state index in [0.717, 1.165) is 242 Å². The fourth-order valence-corrected chi connectivity index (χ4v) is 29.6. The minimum atomic E-state index is -0.187. The highest BCUT2D eigenvalue weighted by molar-refractivity contribution is 8.00. The number of aromatic nitrogens is 15. The van der Waals surface area contributed by atoms with Crippen molar-refractivity contribution in [1.82, 2.24) is 74.8 Å². The molecule has 6 aliphatic heterocycles. The molecule has 0 radical (unpaired) electrons. The summed E-state index contributed by atoms with van der Waals surface area (Å²) in [5.74, 6) is 8.01. The van der Waals surface area contributed by atoms with Gasteiger partial charge < -0.3 is 104 Å². The van der Waals surface area contributed by atoms with Gasteiger partial charge >= 0.3 is 0 Å². The Morgan fingerprint density at radius 1 is 0.313 bits per heavy atom. The zero-order chi connectivity index (χ0) is 103. The molecule has 34 nitrogen and oxygen atoms in total. The predicted molar refractivity (Wildman–Crippen MR) is 594 cm³/mol. The van der Waals surface area contributed by atoms with Crippen LogP contribution in [0.1, 0.15) is 189 Å². The number of nitrogen functional groups attached to an aromatic ring is 8. The number of ether oxygens (including phenoxy) is 1. The third-order valence-corrected chi connectivity index (χ3v) is 42.0. The summed E-state index contributed by atoms with van der Waals surface area (Å²) in [6, 6.07) is 14.4. The minimum Gasteiger partial charge on any atom is -0.382 e. The van der Waals surface area contributed by atoms with E-state index in [9.17, 15) is 0 Å². The summed E-state index contributed by atoms with van der Waals surface area (Å²) in [4.78, 5) is 83.0. The van der Waals surface area contributed by atoms with Crippen molar-refractivity contribution < 1.29 is 4.74 Å². The lowest BCUT2D eigenvalue weighted by molar-refractivity contribution is -0.0233. The summed E-state index contributed by atoms with van der Waals surface area (Å²) < 4.78 is 6.27. The fourth-order valence-electron chi connectivity index (χ4n) is 24.5. The van der Waals surface area contributed by atoms with E-state index in [-0.39, 0.29) is 45.8 Å². The molecule has 0 aromatic carbocycles. The number of halogens is 4. The Bertz CT molecular complexity index is 6490. The second-order valence-electron chi connectivity index (χ2n) is 43.2. The molecule has 14 aliphatic rings. The molecule has 6 saturated heterocycles. The van der Waals surface area contributed by atoms with Gasteiger partial charge in [0.1, 0.15) is 53.6 Å². The topological polar surface area (TPSA) is 557 Å². The van der Waals surface area contributed by atoms with E-state index in [0.29, 0.717) is 115 Å². The van der Waals surface area contributed by atoms with Gasteiger partial charge in [0.2, 0.25) is 0 Å². The minimum absolute atomic E-state index is 0.140. The molecule has 5 atom stereocenters. The van der Waals surface area contributed by atoms with Gasteiger partial charge in [-0.2, -0.15) is 0 Å². The third kappa shape index (κ3) is 21.1. The van der Waals surface area contributed by atoms with Crippen LogP contribution >= 0.6 is 105 Å². The maximum absolute atomic E-state index is 6.75. The van der Waals surface area contributed by atoms with Gasteiger partial charge in [-0.3, -0.25) is 4.98 Å². The average molecular weight is 2170 g/mol. The Balaban J connectivity index is 0.000000112. The Morgan fingerprint density at radius 2 is 0.653 bits per heavy atom. The first-order chi connectivity index (χ1) is 70.5. The van der Waals surface area contributed by atoms with Crippen molar-refractivity contribution in [3.63, 3.8) is 0 Å². The van der Waals surface area contributed by atoms with Crippen LogP contribution < -0.4 is 99.0 Å². The van der Waals surface area contributed by atoms with Gasteiger partial charge in [0, 0.05) is 152 Å². The highest BCUT2D eigenvalue weighted by Gasteiger charge is 2.65. The first-order valence-corrected chi connectivity index (χ1v) is 56.9. The molecule has 10 aromatic rings. The molecule has 8 spiro atoms. The Kier molecular flexibility index (Phi) is 30.0. The summed E-state index contributed by atoms with van der Waals surface area (Å²) in [7, 11) is 0. The van der Waals surface area contributed by atoms with E-state index in [4.69, 9.17) is 161 Å². The molecular weight excluding hydrogens is 2030 g/mol. The molecule has 16 heterocycles. The highest BCUT2D eigenvalue weighted by atomic mass is 35.5. The van der Waals surface area contributed by atoms with Gasteiger partial charge in [0.15, 0.2) is 52.4 Å². The van der Waals surface area contributed by atoms with Gasteiger partial charge in [0.25, 0.3) is 0 Å². The van der Waals surface area contributed by atoms with Crippen LogP contribution in [-0.2, 0) is 4.74 Å². The summed E-state index contributed by atoms with van der Waals surface area (Å²) in [6.07, 6.45) is 43.3. The van der Waals surface area contributed by atoms with Crippen molar-refractivity contribution in [3.8, 4) is 0 Å². The number of piperidine rings is 5. The monoisotopic (exact) mass is 2160 g/mol. The smallest absolute Gasteiger partial charge is 0.158 e. The molecule has 24 rings (SSSR count). The zero-order valence-corrected chi connectivity index (χ0v) is 91.4. The quantitative estimate of drug-likeness (QED) is 0.0316. The molecule has 0 amide bonds. The van der Waals surface area contributed by atoms with Crippen molar-refractivity contribution in [2.24, 2.45) is 72.5 Å². The Morgan fingerprint density at radius 3 is 1.03 bits per heavy atom. The van der Waals surface area contributed by atoms with Gasteiger partial charge in [0.05, 0.1) is 66.8 Å². The van der Waals surface area contributed by atoms with Crippen molar-refractivity contribution in [1.29, 1.82) is 0 Å². The number of hydrogen-bond acceptors (Lipinski definition) is 39. The van der Waals surface area contributed by atoms with Crippen LogP contribution in [0.25, 0.3) is 0 Å². The zero-order valence-electron chi connectivity index (χ0n) is 84.3. The number of nitrogens with two attached hydrogens (primary N) is 13. The summed E-state index contributed by atoms with van der Waals surface area (Å²) in [5.41, 5.74) is 91.4. The number of pyridine rings is 5. The molecule has 0 unspecified atom stereocenters. The summed E-state index contributed by atoms with van der Waals surface area (Å²) in [5, 5.41) is 4.91. The molecule has 0 bridgehead atoms. The second-order valence-corrected chi connectivity index (χ2v) is 49.8. The lowest BCUT2D eigenvalue weighted by atomic mass is 9.72. The fraction of sp³-hybridized carbons (Fsp3) is 0.529. The van der Waals surface area contributed by atoms with Gasteiger partial charge in [-0.25, -0.2) is 69.8 Å². The number of nitrogens with zero attached hydrogens (tertiary/aromatic N) is 20. The van der Waals surface area contributed by atoms with Crippen LogP contribution in [0, 0.1) is 78.4 Å². The van der Waals surface area contributed by atoms with Crippen LogP contribution in [0.2, 0.25) is 20.2 Å². The van der Waals surface area contributed by atoms with E-state index < -0.39 is 0 Å². The van der Waals surface area contributed by atoms with Gasteiger partial charge in [-0.15, -0.1) is 0 Å². The molecule has 10 aromatic heterocycles. The molecule has 12 fully saturated rings. The van der Waals surface area contributed by atoms with Crippen molar-refractivity contribution in [2.45, 2.75) is 281 Å².